The molecule has 162 valence electrons. The number of pyridine rings is 1. The first-order valence-corrected chi connectivity index (χ1v) is 10.6. The second-order valence-electron chi connectivity index (χ2n) is 7.65. The van der Waals surface area contributed by atoms with Gasteiger partial charge in [-0.15, -0.1) is 0 Å². The molecule has 31 heavy (non-hydrogen) atoms. The number of hydrogen-bond acceptors (Lipinski definition) is 8. The standard InChI is InChI=1S/C23H27N5O3/c1-4-30-23(29)19-9-10-20(24-15-19)28-13-11-27(12-14-28)17(3)22-25-21(26-31-22)18-7-5-16(2)6-8-18/h5-10,15,17H,4,11-14H2,1-3H3. The molecule has 1 aliphatic rings. The third-order valence-corrected chi connectivity index (χ3v) is 5.55. The predicted octanol–water partition coefficient (Wildman–Crippen LogP) is 3.50. The van der Waals surface area contributed by atoms with E-state index in [-0.39, 0.29) is 12.0 Å². The van der Waals surface area contributed by atoms with Crippen LogP contribution in [-0.4, -0.2) is 58.8 Å². The van der Waals surface area contributed by atoms with Gasteiger partial charge in [0, 0.05) is 37.9 Å². The largest absolute Gasteiger partial charge is 0.462 e. The number of carbonyl (C=O) groups excluding carboxylic acids is 1. The van der Waals surface area contributed by atoms with Crippen LogP contribution in [0.5, 0.6) is 0 Å². The molecule has 0 bridgehead atoms. The van der Waals surface area contributed by atoms with Gasteiger partial charge in [-0.25, -0.2) is 9.78 Å². The average Bonchev–Trinajstić information content (AvgIpc) is 3.30. The summed E-state index contributed by atoms with van der Waals surface area (Å²) < 4.78 is 10.6. The molecule has 1 aromatic carbocycles. The summed E-state index contributed by atoms with van der Waals surface area (Å²) in [6.45, 7) is 9.65. The van der Waals surface area contributed by atoms with Crippen molar-refractivity contribution in [1.29, 1.82) is 0 Å². The van der Waals surface area contributed by atoms with Gasteiger partial charge in [0.15, 0.2) is 0 Å². The molecule has 0 amide bonds. The van der Waals surface area contributed by atoms with Crippen molar-refractivity contribution < 1.29 is 14.1 Å². The number of aromatic nitrogens is 3. The Balaban J connectivity index is 1.35. The topological polar surface area (TPSA) is 84.6 Å². The van der Waals surface area contributed by atoms with Crippen molar-refractivity contribution in [3.63, 3.8) is 0 Å². The highest BCUT2D eigenvalue weighted by Gasteiger charge is 2.26. The van der Waals surface area contributed by atoms with Crippen LogP contribution in [0, 0.1) is 6.92 Å². The first kappa shape index (κ1) is 21.0. The van der Waals surface area contributed by atoms with Gasteiger partial charge in [-0.3, -0.25) is 4.90 Å². The van der Waals surface area contributed by atoms with E-state index in [0.29, 0.717) is 23.9 Å². The van der Waals surface area contributed by atoms with E-state index < -0.39 is 0 Å². The number of esters is 1. The molecule has 0 spiro atoms. The molecule has 4 rings (SSSR count). The number of aryl methyl sites for hydroxylation is 1. The van der Waals surface area contributed by atoms with Crippen LogP contribution in [0.15, 0.2) is 47.1 Å². The van der Waals surface area contributed by atoms with E-state index in [1.54, 1.807) is 19.2 Å². The molecule has 3 aromatic rings. The molecule has 1 saturated heterocycles. The fourth-order valence-electron chi connectivity index (χ4n) is 3.63. The maximum Gasteiger partial charge on any atom is 0.339 e. The number of carbonyl (C=O) groups is 1. The van der Waals surface area contributed by atoms with E-state index >= 15 is 0 Å². The number of benzene rings is 1. The molecular formula is C23H27N5O3. The number of piperazine rings is 1. The number of rotatable bonds is 6. The molecule has 8 nitrogen and oxygen atoms in total. The Labute approximate surface area is 181 Å². The Bertz CT molecular complexity index is 1010. The van der Waals surface area contributed by atoms with Crippen LogP contribution in [0.3, 0.4) is 0 Å². The Morgan fingerprint density at radius 1 is 1.13 bits per heavy atom. The van der Waals surface area contributed by atoms with Crippen LogP contribution in [0.1, 0.15) is 41.7 Å². The first-order chi connectivity index (χ1) is 15.0. The van der Waals surface area contributed by atoms with Crippen molar-refractivity contribution in [2.75, 3.05) is 37.7 Å². The van der Waals surface area contributed by atoms with Crippen molar-refractivity contribution in [3.05, 3.63) is 59.6 Å². The summed E-state index contributed by atoms with van der Waals surface area (Å²) in [4.78, 5) is 25.4. The summed E-state index contributed by atoms with van der Waals surface area (Å²) in [7, 11) is 0. The normalized spacial score (nSPS) is 15.6. The lowest BCUT2D eigenvalue weighted by Gasteiger charge is -2.37. The van der Waals surface area contributed by atoms with Gasteiger partial charge in [0.2, 0.25) is 11.7 Å². The van der Waals surface area contributed by atoms with Crippen LogP contribution in [-0.2, 0) is 4.74 Å². The van der Waals surface area contributed by atoms with Gasteiger partial charge in [0.05, 0.1) is 18.2 Å². The Hall–Kier alpha value is -3.26. The summed E-state index contributed by atoms with van der Waals surface area (Å²) >= 11 is 0. The minimum atomic E-state index is -0.343. The monoisotopic (exact) mass is 421 g/mol. The number of anilines is 1. The third-order valence-electron chi connectivity index (χ3n) is 5.55. The number of ether oxygens (including phenoxy) is 1. The zero-order chi connectivity index (χ0) is 21.8. The Kier molecular flexibility index (Phi) is 6.27. The van der Waals surface area contributed by atoms with Gasteiger partial charge in [0.1, 0.15) is 5.82 Å². The molecule has 1 fully saturated rings. The minimum absolute atomic E-state index is 0.0352. The maximum atomic E-state index is 11.8. The molecule has 0 saturated carbocycles. The van der Waals surface area contributed by atoms with E-state index in [1.807, 2.05) is 30.3 Å². The minimum Gasteiger partial charge on any atom is -0.462 e. The van der Waals surface area contributed by atoms with Gasteiger partial charge >= 0.3 is 5.97 Å². The molecule has 0 radical (unpaired) electrons. The molecule has 1 unspecified atom stereocenters. The van der Waals surface area contributed by atoms with Gasteiger partial charge < -0.3 is 14.2 Å². The fraction of sp³-hybridized carbons (Fsp3) is 0.391. The molecular weight excluding hydrogens is 394 g/mol. The number of hydrogen-bond donors (Lipinski definition) is 0. The maximum absolute atomic E-state index is 11.8. The molecule has 2 aromatic heterocycles. The number of nitrogens with zero attached hydrogens (tertiary/aromatic N) is 5. The average molecular weight is 422 g/mol. The van der Waals surface area contributed by atoms with Crippen molar-refractivity contribution in [3.8, 4) is 11.4 Å². The summed E-state index contributed by atoms with van der Waals surface area (Å²) in [5, 5.41) is 4.16. The molecule has 0 N–H and O–H groups in total. The lowest BCUT2D eigenvalue weighted by Crippen LogP contribution is -2.47. The van der Waals surface area contributed by atoms with E-state index in [1.165, 1.54) is 5.56 Å². The molecule has 1 aliphatic heterocycles. The smallest absolute Gasteiger partial charge is 0.339 e. The highest BCUT2D eigenvalue weighted by molar-refractivity contribution is 5.89. The zero-order valence-electron chi connectivity index (χ0n) is 18.1. The van der Waals surface area contributed by atoms with Crippen LogP contribution in [0.25, 0.3) is 11.4 Å². The van der Waals surface area contributed by atoms with Crippen molar-refractivity contribution in [2.45, 2.75) is 26.8 Å². The van der Waals surface area contributed by atoms with Gasteiger partial charge in [-0.1, -0.05) is 35.0 Å². The predicted molar refractivity (Wildman–Crippen MR) is 117 cm³/mol. The van der Waals surface area contributed by atoms with Crippen LogP contribution < -0.4 is 4.90 Å². The molecule has 3 heterocycles. The van der Waals surface area contributed by atoms with E-state index in [2.05, 4.69) is 38.8 Å². The van der Waals surface area contributed by atoms with Crippen molar-refractivity contribution >= 4 is 11.8 Å². The van der Waals surface area contributed by atoms with Crippen molar-refractivity contribution in [1.82, 2.24) is 20.0 Å². The highest BCUT2D eigenvalue weighted by atomic mass is 16.5. The molecule has 8 heteroatoms. The van der Waals surface area contributed by atoms with Gasteiger partial charge in [0.25, 0.3) is 0 Å². The van der Waals surface area contributed by atoms with E-state index in [9.17, 15) is 4.79 Å². The first-order valence-electron chi connectivity index (χ1n) is 10.6. The van der Waals surface area contributed by atoms with E-state index in [0.717, 1.165) is 37.6 Å². The summed E-state index contributed by atoms with van der Waals surface area (Å²) in [5.74, 6) is 1.76. The summed E-state index contributed by atoms with van der Waals surface area (Å²) in [5.41, 5.74) is 2.62. The van der Waals surface area contributed by atoms with Gasteiger partial charge in [-0.05, 0) is 32.9 Å². The summed E-state index contributed by atoms with van der Waals surface area (Å²) in [6.07, 6.45) is 1.58. The zero-order valence-corrected chi connectivity index (χ0v) is 18.1. The third kappa shape index (κ3) is 4.74. The second kappa shape index (κ2) is 9.26. The van der Waals surface area contributed by atoms with Crippen molar-refractivity contribution in [2.24, 2.45) is 0 Å². The van der Waals surface area contributed by atoms with Gasteiger partial charge in [-0.2, -0.15) is 4.98 Å². The van der Waals surface area contributed by atoms with Crippen LogP contribution >= 0.6 is 0 Å². The molecule has 0 aliphatic carbocycles. The highest BCUT2D eigenvalue weighted by Crippen LogP contribution is 2.25. The Morgan fingerprint density at radius 2 is 1.87 bits per heavy atom. The van der Waals surface area contributed by atoms with Crippen LogP contribution in [0.4, 0.5) is 5.82 Å². The second-order valence-corrected chi connectivity index (χ2v) is 7.65. The SMILES string of the molecule is CCOC(=O)c1ccc(N2CCN(C(C)c3nc(-c4ccc(C)cc4)no3)CC2)nc1. The molecule has 1 atom stereocenters. The fourth-order valence-corrected chi connectivity index (χ4v) is 3.63. The Morgan fingerprint density at radius 3 is 2.52 bits per heavy atom. The van der Waals surface area contributed by atoms with E-state index in [4.69, 9.17) is 9.26 Å². The van der Waals surface area contributed by atoms with Crippen LogP contribution in [0.2, 0.25) is 0 Å². The lowest BCUT2D eigenvalue weighted by molar-refractivity contribution is 0.0526. The quantitative estimate of drug-likeness (QED) is 0.559. The summed E-state index contributed by atoms with van der Waals surface area (Å²) in [6, 6.07) is 11.8. The lowest BCUT2D eigenvalue weighted by atomic mass is 10.1.